The lowest BCUT2D eigenvalue weighted by Crippen LogP contribution is -2.33. The molecule has 1 aromatic carbocycles. The first kappa shape index (κ1) is 12.1. The Morgan fingerprint density at radius 3 is 2.71 bits per heavy atom. The van der Waals surface area contributed by atoms with Gasteiger partial charge in [-0.25, -0.2) is 0 Å². The van der Waals surface area contributed by atoms with Crippen molar-refractivity contribution in [2.45, 2.75) is 20.3 Å². The Kier molecular flexibility index (Phi) is 3.20. The second-order valence-electron chi connectivity index (χ2n) is 4.42. The summed E-state index contributed by atoms with van der Waals surface area (Å²) in [5.41, 5.74) is 1.11. The average molecular weight is 252 g/mol. The molecule has 1 heterocycles. The number of benzene rings is 1. The maximum atomic E-state index is 11.9. The monoisotopic (exact) mass is 251 g/mol. The van der Waals surface area contributed by atoms with Gasteiger partial charge in [0.05, 0.1) is 11.3 Å². The van der Waals surface area contributed by atoms with Gasteiger partial charge in [-0.05, 0) is 24.1 Å². The van der Waals surface area contributed by atoms with E-state index in [0.29, 0.717) is 28.7 Å². The van der Waals surface area contributed by atoms with Crippen LogP contribution in [0, 0.1) is 5.92 Å². The Morgan fingerprint density at radius 2 is 2.06 bits per heavy atom. The van der Waals surface area contributed by atoms with Crippen LogP contribution in [0.1, 0.15) is 30.6 Å². The van der Waals surface area contributed by atoms with Gasteiger partial charge >= 0.3 is 0 Å². The van der Waals surface area contributed by atoms with Crippen LogP contribution in [-0.2, 0) is 4.79 Å². The standard InChI is InChI=1S/C13H14ClNO2/c1-3-8(2)7-15-11-5-4-9(14)6-10(11)12(16)13(15)17/h4-6,8H,3,7H2,1-2H3. The summed E-state index contributed by atoms with van der Waals surface area (Å²) in [4.78, 5) is 25.2. The lowest BCUT2D eigenvalue weighted by atomic mass is 10.1. The molecule has 1 unspecified atom stereocenters. The molecule has 4 heteroatoms. The molecule has 0 aromatic heterocycles. The molecule has 2 rings (SSSR count). The van der Waals surface area contributed by atoms with E-state index in [1.165, 1.54) is 0 Å². The number of carbonyl (C=O) groups excluding carboxylic acids is 2. The Balaban J connectivity index is 2.38. The maximum Gasteiger partial charge on any atom is 0.299 e. The summed E-state index contributed by atoms with van der Waals surface area (Å²) < 4.78 is 0. The third-order valence-electron chi connectivity index (χ3n) is 3.12. The first-order valence-electron chi connectivity index (χ1n) is 5.70. The number of carbonyl (C=O) groups is 2. The van der Waals surface area contributed by atoms with Gasteiger partial charge in [-0.1, -0.05) is 31.9 Å². The van der Waals surface area contributed by atoms with Crippen molar-refractivity contribution < 1.29 is 9.59 Å². The Morgan fingerprint density at radius 1 is 1.35 bits per heavy atom. The van der Waals surface area contributed by atoms with Gasteiger partial charge in [0.1, 0.15) is 0 Å². The van der Waals surface area contributed by atoms with E-state index in [0.717, 1.165) is 6.42 Å². The van der Waals surface area contributed by atoms with Gasteiger partial charge in [0.15, 0.2) is 0 Å². The number of rotatable bonds is 3. The molecule has 0 aliphatic carbocycles. The minimum absolute atomic E-state index is 0.369. The molecule has 0 bridgehead atoms. The molecule has 1 amide bonds. The summed E-state index contributed by atoms with van der Waals surface area (Å²) in [5, 5.41) is 0.482. The molecule has 1 aromatic rings. The Bertz CT molecular complexity index is 484. The van der Waals surface area contributed by atoms with E-state index in [-0.39, 0.29) is 0 Å². The number of nitrogens with zero attached hydrogens (tertiary/aromatic N) is 1. The second-order valence-corrected chi connectivity index (χ2v) is 4.86. The zero-order valence-electron chi connectivity index (χ0n) is 9.87. The average Bonchev–Trinajstić information content (AvgIpc) is 2.54. The number of Topliss-reactive ketones (excluding diaryl/α,β-unsaturated/α-hetero) is 1. The van der Waals surface area contributed by atoms with E-state index in [2.05, 4.69) is 13.8 Å². The predicted octanol–water partition coefficient (Wildman–Crippen LogP) is 2.92. The van der Waals surface area contributed by atoms with Gasteiger partial charge in [0.2, 0.25) is 0 Å². The van der Waals surface area contributed by atoms with Crippen molar-refractivity contribution in [1.82, 2.24) is 0 Å². The fraction of sp³-hybridized carbons (Fsp3) is 0.385. The first-order chi connectivity index (χ1) is 8.04. The van der Waals surface area contributed by atoms with Gasteiger partial charge in [-0.15, -0.1) is 0 Å². The summed E-state index contributed by atoms with van der Waals surface area (Å²) in [5.74, 6) is -0.526. The zero-order chi connectivity index (χ0) is 12.6. The SMILES string of the molecule is CCC(C)CN1C(=O)C(=O)c2cc(Cl)ccc21. The second kappa shape index (κ2) is 4.49. The van der Waals surface area contributed by atoms with Gasteiger partial charge < -0.3 is 4.90 Å². The van der Waals surface area contributed by atoms with E-state index < -0.39 is 11.7 Å². The van der Waals surface area contributed by atoms with E-state index in [1.807, 2.05) is 0 Å². The van der Waals surface area contributed by atoms with Crippen LogP contribution in [-0.4, -0.2) is 18.2 Å². The maximum absolute atomic E-state index is 11.9. The van der Waals surface area contributed by atoms with Crippen molar-refractivity contribution in [2.75, 3.05) is 11.4 Å². The van der Waals surface area contributed by atoms with E-state index in [1.54, 1.807) is 23.1 Å². The minimum Gasteiger partial charge on any atom is -0.304 e. The molecule has 0 radical (unpaired) electrons. The van der Waals surface area contributed by atoms with Crippen molar-refractivity contribution >= 4 is 29.0 Å². The third kappa shape index (κ3) is 2.07. The third-order valence-corrected chi connectivity index (χ3v) is 3.36. The Labute approximate surface area is 105 Å². The fourth-order valence-electron chi connectivity index (χ4n) is 1.89. The molecule has 90 valence electrons. The van der Waals surface area contributed by atoms with E-state index in [9.17, 15) is 9.59 Å². The number of amides is 1. The number of ketones is 1. The van der Waals surface area contributed by atoms with E-state index >= 15 is 0 Å². The fourth-order valence-corrected chi connectivity index (χ4v) is 2.07. The largest absolute Gasteiger partial charge is 0.304 e. The molecule has 3 nitrogen and oxygen atoms in total. The molecular formula is C13H14ClNO2. The number of anilines is 1. The highest BCUT2D eigenvalue weighted by molar-refractivity contribution is 6.52. The summed E-state index contributed by atoms with van der Waals surface area (Å²) >= 11 is 5.84. The smallest absolute Gasteiger partial charge is 0.299 e. The lowest BCUT2D eigenvalue weighted by molar-refractivity contribution is -0.114. The molecule has 17 heavy (non-hydrogen) atoms. The number of halogens is 1. The van der Waals surface area contributed by atoms with Crippen LogP contribution in [0.2, 0.25) is 5.02 Å². The van der Waals surface area contributed by atoms with Crippen LogP contribution in [0.3, 0.4) is 0 Å². The Hall–Kier alpha value is -1.35. The molecular weight excluding hydrogens is 238 g/mol. The van der Waals surface area contributed by atoms with Crippen molar-refractivity contribution in [3.05, 3.63) is 28.8 Å². The molecule has 1 aliphatic heterocycles. The summed E-state index contributed by atoms with van der Waals surface area (Å²) in [6, 6.07) is 5.01. The normalized spacial score (nSPS) is 16.3. The molecule has 0 fully saturated rings. The summed E-state index contributed by atoms with van der Waals surface area (Å²) in [6.45, 7) is 4.71. The van der Waals surface area contributed by atoms with Crippen molar-refractivity contribution in [3.63, 3.8) is 0 Å². The highest BCUT2D eigenvalue weighted by atomic mass is 35.5. The number of hydrogen-bond donors (Lipinski definition) is 0. The van der Waals surface area contributed by atoms with Crippen LogP contribution in [0.15, 0.2) is 18.2 Å². The van der Waals surface area contributed by atoms with Gasteiger partial charge in [-0.2, -0.15) is 0 Å². The topological polar surface area (TPSA) is 37.4 Å². The summed E-state index contributed by atoms with van der Waals surface area (Å²) in [7, 11) is 0. The lowest BCUT2D eigenvalue weighted by Gasteiger charge is -2.20. The van der Waals surface area contributed by atoms with Crippen LogP contribution < -0.4 is 4.90 Å². The van der Waals surface area contributed by atoms with Crippen molar-refractivity contribution in [3.8, 4) is 0 Å². The van der Waals surface area contributed by atoms with Gasteiger partial charge in [0, 0.05) is 11.6 Å². The minimum atomic E-state index is -0.453. The zero-order valence-corrected chi connectivity index (χ0v) is 10.6. The van der Waals surface area contributed by atoms with Gasteiger partial charge in [0.25, 0.3) is 11.7 Å². The quantitative estimate of drug-likeness (QED) is 0.775. The van der Waals surface area contributed by atoms with Crippen LogP contribution >= 0.6 is 11.6 Å². The molecule has 0 N–H and O–H groups in total. The van der Waals surface area contributed by atoms with Crippen LogP contribution in [0.4, 0.5) is 5.69 Å². The van der Waals surface area contributed by atoms with Crippen LogP contribution in [0.25, 0.3) is 0 Å². The molecule has 0 saturated heterocycles. The summed E-state index contributed by atoms with van der Waals surface area (Å²) in [6.07, 6.45) is 0.973. The predicted molar refractivity (Wildman–Crippen MR) is 67.6 cm³/mol. The molecule has 1 aliphatic rings. The highest BCUT2D eigenvalue weighted by Crippen LogP contribution is 2.31. The van der Waals surface area contributed by atoms with Crippen LogP contribution in [0.5, 0.6) is 0 Å². The number of fused-ring (bicyclic) bond motifs is 1. The highest BCUT2D eigenvalue weighted by Gasteiger charge is 2.36. The molecule has 0 saturated carbocycles. The number of hydrogen-bond acceptors (Lipinski definition) is 2. The first-order valence-corrected chi connectivity index (χ1v) is 6.08. The van der Waals surface area contributed by atoms with Crippen molar-refractivity contribution in [2.24, 2.45) is 5.92 Å². The molecule has 1 atom stereocenters. The van der Waals surface area contributed by atoms with E-state index in [4.69, 9.17) is 11.6 Å². The van der Waals surface area contributed by atoms with Gasteiger partial charge in [-0.3, -0.25) is 9.59 Å². The molecule has 0 spiro atoms. The van der Waals surface area contributed by atoms with Crippen molar-refractivity contribution in [1.29, 1.82) is 0 Å².